The van der Waals surface area contributed by atoms with Gasteiger partial charge in [0.25, 0.3) is 0 Å². The molecule has 108 valence electrons. The quantitative estimate of drug-likeness (QED) is 0.829. The first-order valence-electron chi connectivity index (χ1n) is 5.94. The van der Waals surface area contributed by atoms with Crippen molar-refractivity contribution in [3.8, 4) is 0 Å². The number of hydrogen-bond donors (Lipinski definition) is 2. The van der Waals surface area contributed by atoms with Crippen molar-refractivity contribution < 1.29 is 17.9 Å². The van der Waals surface area contributed by atoms with Crippen LogP contribution in [-0.2, 0) is 10.0 Å². The van der Waals surface area contributed by atoms with Crippen molar-refractivity contribution in [1.29, 1.82) is 0 Å². The zero-order valence-corrected chi connectivity index (χ0v) is 12.9. The van der Waals surface area contributed by atoms with Crippen LogP contribution in [0.1, 0.15) is 18.1 Å². The fourth-order valence-corrected chi connectivity index (χ4v) is 2.97. The van der Waals surface area contributed by atoms with Crippen LogP contribution < -0.4 is 4.72 Å². The summed E-state index contributed by atoms with van der Waals surface area (Å²) in [4.78, 5) is 0.193. The SMILES string of the molecule is O=S(=O)(NCCC(O)c1ccoc1)c1ccc(Br)cc1. The number of benzene rings is 1. The molecule has 2 aromatic rings. The van der Waals surface area contributed by atoms with E-state index in [1.807, 2.05) is 0 Å². The van der Waals surface area contributed by atoms with Crippen LogP contribution in [-0.4, -0.2) is 20.1 Å². The molecule has 0 aliphatic rings. The van der Waals surface area contributed by atoms with Gasteiger partial charge in [-0.2, -0.15) is 0 Å². The molecule has 0 radical (unpaired) electrons. The highest BCUT2D eigenvalue weighted by atomic mass is 79.9. The summed E-state index contributed by atoms with van der Waals surface area (Å²) >= 11 is 3.25. The van der Waals surface area contributed by atoms with Gasteiger partial charge in [-0.05, 0) is 36.8 Å². The Kier molecular flexibility index (Phi) is 4.98. The van der Waals surface area contributed by atoms with Crippen LogP contribution in [0.2, 0.25) is 0 Å². The van der Waals surface area contributed by atoms with Crippen molar-refractivity contribution in [3.05, 3.63) is 52.9 Å². The molecule has 1 unspecified atom stereocenters. The van der Waals surface area contributed by atoms with Gasteiger partial charge < -0.3 is 9.52 Å². The molecule has 7 heteroatoms. The summed E-state index contributed by atoms with van der Waals surface area (Å²) in [5.41, 5.74) is 0.632. The van der Waals surface area contributed by atoms with E-state index >= 15 is 0 Å². The van der Waals surface area contributed by atoms with Crippen LogP contribution >= 0.6 is 15.9 Å². The molecule has 1 heterocycles. The van der Waals surface area contributed by atoms with Crippen molar-refractivity contribution in [2.24, 2.45) is 0 Å². The third-order valence-corrected chi connectivity index (χ3v) is 4.77. The van der Waals surface area contributed by atoms with E-state index in [1.165, 1.54) is 24.7 Å². The number of aliphatic hydroxyl groups excluding tert-OH is 1. The standard InChI is InChI=1S/C13H14BrNO4S/c14-11-1-3-12(4-2-11)20(17,18)15-7-5-13(16)10-6-8-19-9-10/h1-4,6,8-9,13,15-16H,5,7H2. The minimum Gasteiger partial charge on any atom is -0.472 e. The van der Waals surface area contributed by atoms with Gasteiger partial charge in [-0.1, -0.05) is 15.9 Å². The summed E-state index contributed by atoms with van der Waals surface area (Å²) in [6.45, 7) is 0.144. The van der Waals surface area contributed by atoms with Crippen LogP contribution in [0.4, 0.5) is 0 Å². The molecular formula is C13H14BrNO4S. The molecule has 2 N–H and O–H groups in total. The molecule has 1 aromatic heterocycles. The van der Waals surface area contributed by atoms with Crippen molar-refractivity contribution >= 4 is 26.0 Å². The average molecular weight is 360 g/mol. The van der Waals surface area contributed by atoms with Crippen LogP contribution in [0.15, 0.2) is 56.6 Å². The Labute approximate surface area is 125 Å². The second-order valence-electron chi connectivity index (χ2n) is 4.21. The maximum atomic E-state index is 12.0. The molecule has 1 aromatic carbocycles. The number of aliphatic hydroxyl groups is 1. The Balaban J connectivity index is 1.91. The molecule has 5 nitrogen and oxygen atoms in total. The number of halogens is 1. The predicted molar refractivity (Wildman–Crippen MR) is 77.6 cm³/mol. The summed E-state index contributed by atoms with van der Waals surface area (Å²) in [6.07, 6.45) is 2.43. The second kappa shape index (κ2) is 6.53. The highest BCUT2D eigenvalue weighted by Gasteiger charge is 2.15. The van der Waals surface area contributed by atoms with Crippen molar-refractivity contribution in [2.75, 3.05) is 6.54 Å². The minimum atomic E-state index is -3.55. The van der Waals surface area contributed by atoms with Crippen LogP contribution in [0.25, 0.3) is 0 Å². The van der Waals surface area contributed by atoms with E-state index in [0.717, 1.165) is 4.47 Å². The first kappa shape index (κ1) is 15.2. The number of furan rings is 1. The van der Waals surface area contributed by atoms with E-state index in [-0.39, 0.29) is 17.9 Å². The third-order valence-electron chi connectivity index (χ3n) is 2.76. The predicted octanol–water partition coefficient (Wildman–Crippen LogP) is 2.44. The van der Waals surface area contributed by atoms with Gasteiger partial charge in [0.1, 0.15) is 0 Å². The monoisotopic (exact) mass is 359 g/mol. The van der Waals surface area contributed by atoms with E-state index in [9.17, 15) is 13.5 Å². The van der Waals surface area contributed by atoms with Gasteiger partial charge >= 0.3 is 0 Å². The average Bonchev–Trinajstić information content (AvgIpc) is 2.93. The van der Waals surface area contributed by atoms with E-state index in [4.69, 9.17) is 4.42 Å². The van der Waals surface area contributed by atoms with Gasteiger partial charge in [0.05, 0.1) is 23.5 Å². The lowest BCUT2D eigenvalue weighted by atomic mass is 10.1. The second-order valence-corrected chi connectivity index (χ2v) is 6.90. The topological polar surface area (TPSA) is 79.5 Å². The van der Waals surface area contributed by atoms with E-state index in [1.54, 1.807) is 18.2 Å². The normalized spacial score (nSPS) is 13.3. The Morgan fingerprint density at radius 2 is 1.95 bits per heavy atom. The lowest BCUT2D eigenvalue weighted by Gasteiger charge is -2.10. The molecule has 0 bridgehead atoms. The fourth-order valence-electron chi connectivity index (χ4n) is 1.66. The van der Waals surface area contributed by atoms with Gasteiger partial charge in [-0.15, -0.1) is 0 Å². The van der Waals surface area contributed by atoms with Crippen LogP contribution in [0.5, 0.6) is 0 Å². The smallest absolute Gasteiger partial charge is 0.240 e. The van der Waals surface area contributed by atoms with Gasteiger partial charge in [0.15, 0.2) is 0 Å². The fraction of sp³-hybridized carbons (Fsp3) is 0.231. The van der Waals surface area contributed by atoms with Gasteiger partial charge in [0.2, 0.25) is 10.0 Å². The first-order chi connectivity index (χ1) is 9.49. The van der Waals surface area contributed by atoms with Gasteiger partial charge in [-0.25, -0.2) is 13.1 Å². The summed E-state index contributed by atoms with van der Waals surface area (Å²) in [7, 11) is -3.55. The highest BCUT2D eigenvalue weighted by molar-refractivity contribution is 9.10. The Hall–Kier alpha value is -1.15. The maximum Gasteiger partial charge on any atom is 0.240 e. The molecule has 0 saturated heterocycles. The molecule has 1 atom stereocenters. The molecule has 0 fully saturated rings. The third kappa shape index (κ3) is 3.92. The van der Waals surface area contributed by atoms with E-state index < -0.39 is 16.1 Å². The lowest BCUT2D eigenvalue weighted by molar-refractivity contribution is 0.168. The Morgan fingerprint density at radius 3 is 2.55 bits per heavy atom. The number of hydrogen-bond acceptors (Lipinski definition) is 4. The van der Waals surface area contributed by atoms with E-state index in [2.05, 4.69) is 20.7 Å². The zero-order chi connectivity index (χ0) is 14.6. The Bertz CT molecular complexity index is 638. The molecule has 0 aliphatic carbocycles. The highest BCUT2D eigenvalue weighted by Crippen LogP contribution is 2.17. The van der Waals surface area contributed by atoms with E-state index in [0.29, 0.717) is 5.56 Å². The number of sulfonamides is 1. The minimum absolute atomic E-state index is 0.144. The molecular weight excluding hydrogens is 346 g/mol. The van der Waals surface area contributed by atoms with Crippen LogP contribution in [0.3, 0.4) is 0 Å². The molecule has 2 rings (SSSR count). The summed E-state index contributed by atoms with van der Waals surface area (Å²) in [5.74, 6) is 0. The lowest BCUT2D eigenvalue weighted by Crippen LogP contribution is -2.25. The maximum absolute atomic E-state index is 12.0. The Morgan fingerprint density at radius 1 is 1.25 bits per heavy atom. The van der Waals surface area contributed by atoms with Crippen molar-refractivity contribution in [2.45, 2.75) is 17.4 Å². The number of rotatable bonds is 6. The molecule has 0 spiro atoms. The summed E-state index contributed by atoms with van der Waals surface area (Å²) in [6, 6.07) is 8.00. The van der Waals surface area contributed by atoms with Gasteiger partial charge in [0, 0.05) is 16.6 Å². The molecule has 20 heavy (non-hydrogen) atoms. The summed E-state index contributed by atoms with van der Waals surface area (Å²) in [5, 5.41) is 9.81. The molecule has 0 amide bonds. The van der Waals surface area contributed by atoms with Crippen LogP contribution in [0, 0.1) is 0 Å². The van der Waals surface area contributed by atoms with Crippen molar-refractivity contribution in [3.63, 3.8) is 0 Å². The molecule has 0 aliphatic heterocycles. The molecule has 0 saturated carbocycles. The van der Waals surface area contributed by atoms with Crippen molar-refractivity contribution in [1.82, 2.24) is 4.72 Å². The van der Waals surface area contributed by atoms with Gasteiger partial charge in [-0.3, -0.25) is 0 Å². The largest absolute Gasteiger partial charge is 0.472 e. The first-order valence-corrected chi connectivity index (χ1v) is 8.22. The summed E-state index contributed by atoms with van der Waals surface area (Å²) < 4.78 is 32.1. The zero-order valence-electron chi connectivity index (χ0n) is 10.5. The number of nitrogens with one attached hydrogen (secondary N) is 1.